The standard InChI is InChI=1S/C18H28N2O3/c1-4-5-12-23-18(21)19-15-6-7-16(17(13-15)22-3)14-8-10-20(2)11-9-14/h6-7,13-14H,4-5,8-12H2,1-3H3,(H,19,21). The van der Waals surface area contributed by atoms with Crippen LogP contribution in [-0.2, 0) is 4.74 Å². The molecule has 1 aromatic carbocycles. The van der Waals surface area contributed by atoms with Gasteiger partial charge in [-0.2, -0.15) is 0 Å². The number of piperidine rings is 1. The van der Waals surface area contributed by atoms with E-state index in [9.17, 15) is 4.79 Å². The molecule has 0 saturated carbocycles. The number of carbonyl (C=O) groups excluding carboxylic acids is 1. The van der Waals surface area contributed by atoms with Gasteiger partial charge < -0.3 is 14.4 Å². The highest BCUT2D eigenvalue weighted by atomic mass is 16.5. The monoisotopic (exact) mass is 320 g/mol. The van der Waals surface area contributed by atoms with Gasteiger partial charge in [0.15, 0.2) is 0 Å². The number of hydrogen-bond acceptors (Lipinski definition) is 4. The van der Waals surface area contributed by atoms with E-state index in [1.54, 1.807) is 7.11 Å². The van der Waals surface area contributed by atoms with Gasteiger partial charge in [0.25, 0.3) is 0 Å². The van der Waals surface area contributed by atoms with Gasteiger partial charge >= 0.3 is 6.09 Å². The molecule has 1 saturated heterocycles. The van der Waals surface area contributed by atoms with Crippen molar-refractivity contribution in [3.63, 3.8) is 0 Å². The third kappa shape index (κ3) is 5.13. The Balaban J connectivity index is 2.00. The molecule has 0 aliphatic carbocycles. The predicted octanol–water partition coefficient (Wildman–Crippen LogP) is 3.85. The molecule has 0 atom stereocenters. The first kappa shape index (κ1) is 17.6. The van der Waals surface area contributed by atoms with Crippen LogP contribution in [-0.4, -0.2) is 44.8 Å². The van der Waals surface area contributed by atoms with Gasteiger partial charge in [-0.25, -0.2) is 4.79 Å². The Morgan fingerprint density at radius 3 is 2.74 bits per heavy atom. The number of amides is 1. The largest absolute Gasteiger partial charge is 0.496 e. The van der Waals surface area contributed by atoms with Crippen LogP contribution in [0.25, 0.3) is 0 Å². The number of nitrogens with zero attached hydrogens (tertiary/aromatic N) is 1. The minimum absolute atomic E-state index is 0.410. The number of ether oxygens (including phenoxy) is 2. The van der Waals surface area contributed by atoms with Crippen LogP contribution in [0.1, 0.15) is 44.1 Å². The Kier molecular flexibility index (Phi) is 6.71. The van der Waals surface area contributed by atoms with Crippen LogP contribution in [0.3, 0.4) is 0 Å². The lowest BCUT2D eigenvalue weighted by Gasteiger charge is -2.30. The number of anilines is 1. The molecule has 1 aliphatic heterocycles. The second kappa shape index (κ2) is 8.77. The summed E-state index contributed by atoms with van der Waals surface area (Å²) in [5, 5.41) is 2.76. The quantitative estimate of drug-likeness (QED) is 0.809. The fraction of sp³-hybridized carbons (Fsp3) is 0.611. The van der Waals surface area contributed by atoms with Crippen molar-refractivity contribution in [2.75, 3.05) is 39.2 Å². The molecule has 128 valence electrons. The second-order valence-corrected chi connectivity index (χ2v) is 6.15. The van der Waals surface area contributed by atoms with Gasteiger partial charge in [-0.1, -0.05) is 19.4 Å². The van der Waals surface area contributed by atoms with E-state index in [1.807, 2.05) is 12.1 Å². The molecule has 5 heteroatoms. The van der Waals surface area contributed by atoms with Gasteiger partial charge in [-0.3, -0.25) is 5.32 Å². The summed E-state index contributed by atoms with van der Waals surface area (Å²) in [7, 11) is 3.84. The van der Waals surface area contributed by atoms with E-state index >= 15 is 0 Å². The molecule has 0 unspecified atom stereocenters. The molecule has 0 bridgehead atoms. The van der Waals surface area contributed by atoms with Crippen molar-refractivity contribution in [3.8, 4) is 5.75 Å². The molecule has 1 fully saturated rings. The first-order chi connectivity index (χ1) is 11.1. The first-order valence-corrected chi connectivity index (χ1v) is 8.44. The average molecular weight is 320 g/mol. The zero-order valence-electron chi connectivity index (χ0n) is 14.4. The summed E-state index contributed by atoms with van der Waals surface area (Å²) in [6, 6.07) is 5.88. The van der Waals surface area contributed by atoms with Crippen LogP contribution >= 0.6 is 0 Å². The van der Waals surface area contributed by atoms with Crippen LogP contribution in [0, 0.1) is 0 Å². The Morgan fingerprint density at radius 2 is 2.09 bits per heavy atom. The fourth-order valence-corrected chi connectivity index (χ4v) is 2.91. The van der Waals surface area contributed by atoms with Gasteiger partial charge in [0.05, 0.1) is 13.7 Å². The molecule has 1 heterocycles. The molecule has 1 N–H and O–H groups in total. The number of hydrogen-bond donors (Lipinski definition) is 1. The normalized spacial score (nSPS) is 16.1. The maximum atomic E-state index is 11.7. The smallest absolute Gasteiger partial charge is 0.411 e. The van der Waals surface area contributed by atoms with Gasteiger partial charge in [0.1, 0.15) is 5.75 Å². The van der Waals surface area contributed by atoms with E-state index in [0.29, 0.717) is 18.2 Å². The Morgan fingerprint density at radius 1 is 1.35 bits per heavy atom. The molecule has 23 heavy (non-hydrogen) atoms. The lowest BCUT2D eigenvalue weighted by atomic mass is 9.89. The van der Waals surface area contributed by atoms with Crippen molar-refractivity contribution in [3.05, 3.63) is 23.8 Å². The fourth-order valence-electron chi connectivity index (χ4n) is 2.91. The summed E-state index contributed by atoms with van der Waals surface area (Å²) in [6.07, 6.45) is 3.75. The average Bonchev–Trinajstić information content (AvgIpc) is 2.56. The molecule has 2 rings (SSSR count). The highest BCUT2D eigenvalue weighted by Crippen LogP contribution is 2.35. The van der Waals surface area contributed by atoms with Crippen LogP contribution in [0.5, 0.6) is 5.75 Å². The van der Waals surface area contributed by atoms with Crippen LogP contribution < -0.4 is 10.1 Å². The molecule has 5 nitrogen and oxygen atoms in total. The molecular weight excluding hydrogens is 292 g/mol. The van der Waals surface area contributed by atoms with Crippen molar-refractivity contribution >= 4 is 11.8 Å². The van der Waals surface area contributed by atoms with E-state index < -0.39 is 6.09 Å². The number of methoxy groups -OCH3 is 1. The summed E-state index contributed by atoms with van der Waals surface area (Å²) in [5.74, 6) is 1.36. The highest BCUT2D eigenvalue weighted by Gasteiger charge is 2.21. The third-order valence-corrected chi connectivity index (χ3v) is 4.37. The number of unbranched alkanes of at least 4 members (excludes halogenated alkanes) is 1. The Hall–Kier alpha value is -1.75. The minimum Gasteiger partial charge on any atom is -0.496 e. The molecule has 1 aliphatic rings. The topological polar surface area (TPSA) is 50.8 Å². The second-order valence-electron chi connectivity index (χ2n) is 6.15. The summed E-state index contributed by atoms with van der Waals surface area (Å²) < 4.78 is 10.7. The molecular formula is C18H28N2O3. The Labute approximate surface area is 139 Å². The van der Waals surface area contributed by atoms with E-state index in [4.69, 9.17) is 9.47 Å². The number of rotatable bonds is 6. The maximum absolute atomic E-state index is 11.7. The number of nitrogens with one attached hydrogen (secondary N) is 1. The van der Waals surface area contributed by atoms with Crippen molar-refractivity contribution in [2.45, 2.75) is 38.5 Å². The van der Waals surface area contributed by atoms with Gasteiger partial charge in [-0.15, -0.1) is 0 Å². The summed E-state index contributed by atoms with van der Waals surface area (Å²) in [5.41, 5.74) is 1.94. The Bertz CT molecular complexity index is 511. The highest BCUT2D eigenvalue weighted by molar-refractivity contribution is 5.85. The number of carbonyl (C=O) groups is 1. The zero-order chi connectivity index (χ0) is 16.7. The van der Waals surface area contributed by atoms with Crippen molar-refractivity contribution < 1.29 is 14.3 Å². The summed E-state index contributed by atoms with van der Waals surface area (Å²) in [6.45, 7) is 4.73. The van der Waals surface area contributed by atoms with Crippen LogP contribution in [0.15, 0.2) is 18.2 Å². The SMILES string of the molecule is CCCCOC(=O)Nc1ccc(C2CCN(C)CC2)c(OC)c1. The van der Waals surface area contributed by atoms with E-state index in [-0.39, 0.29) is 0 Å². The van der Waals surface area contributed by atoms with Crippen LogP contribution in [0.2, 0.25) is 0 Å². The molecule has 1 amide bonds. The van der Waals surface area contributed by atoms with Gasteiger partial charge in [0.2, 0.25) is 0 Å². The van der Waals surface area contributed by atoms with E-state index in [0.717, 1.165) is 44.5 Å². The van der Waals surface area contributed by atoms with Crippen molar-refractivity contribution in [2.24, 2.45) is 0 Å². The first-order valence-electron chi connectivity index (χ1n) is 8.44. The number of benzene rings is 1. The van der Waals surface area contributed by atoms with Crippen molar-refractivity contribution in [1.82, 2.24) is 4.90 Å². The molecule has 0 radical (unpaired) electrons. The number of likely N-dealkylation sites (tertiary alicyclic amines) is 1. The predicted molar refractivity (Wildman–Crippen MR) is 92.3 cm³/mol. The van der Waals surface area contributed by atoms with Gasteiger partial charge in [0, 0.05) is 11.8 Å². The summed E-state index contributed by atoms with van der Waals surface area (Å²) in [4.78, 5) is 14.1. The minimum atomic E-state index is -0.410. The molecule has 0 aromatic heterocycles. The van der Waals surface area contributed by atoms with Crippen molar-refractivity contribution in [1.29, 1.82) is 0 Å². The summed E-state index contributed by atoms with van der Waals surface area (Å²) >= 11 is 0. The maximum Gasteiger partial charge on any atom is 0.411 e. The van der Waals surface area contributed by atoms with Crippen LogP contribution in [0.4, 0.5) is 10.5 Å². The zero-order valence-corrected chi connectivity index (χ0v) is 14.4. The van der Waals surface area contributed by atoms with Gasteiger partial charge in [-0.05, 0) is 56.9 Å². The van der Waals surface area contributed by atoms with E-state index in [1.165, 1.54) is 5.56 Å². The lowest BCUT2D eigenvalue weighted by molar-refractivity contribution is 0.160. The third-order valence-electron chi connectivity index (χ3n) is 4.37. The molecule has 1 aromatic rings. The molecule has 0 spiro atoms. The lowest BCUT2D eigenvalue weighted by Crippen LogP contribution is -2.29. The van der Waals surface area contributed by atoms with E-state index in [2.05, 4.69) is 30.3 Å².